The minimum absolute atomic E-state index is 0.551. The predicted octanol–water partition coefficient (Wildman–Crippen LogP) is 1.16. The topological polar surface area (TPSA) is 62.4 Å². The monoisotopic (exact) mass is 192 g/mol. The molecule has 0 saturated carbocycles. The second-order valence-corrected chi connectivity index (χ2v) is 3.22. The second kappa shape index (κ2) is 4.62. The number of rotatable bonds is 1. The SMILES string of the molecule is CN=C(NN)Nc1cc(C)cc(C)c1. The van der Waals surface area contributed by atoms with Crippen LogP contribution in [0, 0.1) is 13.8 Å². The highest BCUT2D eigenvalue weighted by molar-refractivity contribution is 5.93. The summed E-state index contributed by atoms with van der Waals surface area (Å²) in [7, 11) is 1.67. The lowest BCUT2D eigenvalue weighted by Crippen LogP contribution is -2.36. The Labute approximate surface area is 84.2 Å². The van der Waals surface area contributed by atoms with Crippen LogP contribution >= 0.6 is 0 Å². The summed E-state index contributed by atoms with van der Waals surface area (Å²) in [5.74, 6) is 5.81. The summed E-state index contributed by atoms with van der Waals surface area (Å²) in [6, 6.07) is 6.19. The van der Waals surface area contributed by atoms with Crippen LogP contribution in [0.5, 0.6) is 0 Å². The molecule has 0 aliphatic heterocycles. The van der Waals surface area contributed by atoms with E-state index in [1.54, 1.807) is 7.05 Å². The smallest absolute Gasteiger partial charge is 0.209 e. The van der Waals surface area contributed by atoms with Gasteiger partial charge in [0.2, 0.25) is 5.96 Å². The van der Waals surface area contributed by atoms with Crippen molar-refractivity contribution in [2.75, 3.05) is 12.4 Å². The zero-order valence-corrected chi connectivity index (χ0v) is 8.76. The molecule has 1 aromatic carbocycles. The second-order valence-electron chi connectivity index (χ2n) is 3.22. The molecule has 0 atom stereocenters. The number of hydrogen-bond donors (Lipinski definition) is 3. The maximum atomic E-state index is 5.26. The van der Waals surface area contributed by atoms with Crippen molar-refractivity contribution in [2.45, 2.75) is 13.8 Å². The molecule has 0 aromatic heterocycles. The van der Waals surface area contributed by atoms with Gasteiger partial charge in [0, 0.05) is 12.7 Å². The highest BCUT2D eigenvalue weighted by Gasteiger charge is 1.98. The minimum Gasteiger partial charge on any atom is -0.325 e. The van der Waals surface area contributed by atoms with Crippen molar-refractivity contribution in [3.63, 3.8) is 0 Å². The number of nitrogens with one attached hydrogen (secondary N) is 2. The number of hydrogen-bond acceptors (Lipinski definition) is 2. The van der Waals surface area contributed by atoms with Crippen LogP contribution in [-0.2, 0) is 0 Å². The molecule has 4 N–H and O–H groups in total. The third kappa shape index (κ3) is 2.74. The molecule has 4 heteroatoms. The number of aliphatic imine (C=N–C) groups is 1. The minimum atomic E-state index is 0.551. The molecule has 0 spiro atoms. The molecule has 1 rings (SSSR count). The largest absolute Gasteiger partial charge is 0.325 e. The lowest BCUT2D eigenvalue weighted by molar-refractivity contribution is 1.01. The molecule has 0 unspecified atom stereocenters. The van der Waals surface area contributed by atoms with Crippen molar-refractivity contribution >= 4 is 11.6 Å². The standard InChI is InChI=1S/C10H16N4/c1-7-4-8(2)6-9(5-7)13-10(12-3)14-11/h4-6H,11H2,1-3H3,(H2,12,13,14). The van der Waals surface area contributed by atoms with Crippen LogP contribution in [0.2, 0.25) is 0 Å². The summed E-state index contributed by atoms with van der Waals surface area (Å²) in [5, 5.41) is 3.07. The lowest BCUT2D eigenvalue weighted by Gasteiger charge is -2.09. The molecule has 14 heavy (non-hydrogen) atoms. The van der Waals surface area contributed by atoms with E-state index in [0.717, 1.165) is 5.69 Å². The average Bonchev–Trinajstić information content (AvgIpc) is 2.12. The van der Waals surface area contributed by atoms with Crippen molar-refractivity contribution < 1.29 is 0 Å². The summed E-state index contributed by atoms with van der Waals surface area (Å²) < 4.78 is 0. The van der Waals surface area contributed by atoms with Crippen molar-refractivity contribution in [1.29, 1.82) is 0 Å². The van der Waals surface area contributed by atoms with Crippen LogP contribution in [0.3, 0.4) is 0 Å². The normalized spacial score (nSPS) is 11.3. The van der Waals surface area contributed by atoms with Crippen LogP contribution in [0.1, 0.15) is 11.1 Å². The first-order valence-electron chi connectivity index (χ1n) is 4.44. The highest BCUT2D eigenvalue weighted by atomic mass is 15.3. The number of nitrogens with zero attached hydrogens (tertiary/aromatic N) is 1. The van der Waals surface area contributed by atoms with E-state index in [2.05, 4.69) is 35.6 Å². The summed E-state index contributed by atoms with van der Waals surface area (Å²) >= 11 is 0. The van der Waals surface area contributed by atoms with Gasteiger partial charge in [0.1, 0.15) is 0 Å². The molecule has 0 heterocycles. The van der Waals surface area contributed by atoms with Crippen LogP contribution in [-0.4, -0.2) is 13.0 Å². The molecule has 76 valence electrons. The van der Waals surface area contributed by atoms with Gasteiger partial charge < -0.3 is 5.32 Å². The Kier molecular flexibility index (Phi) is 3.48. The van der Waals surface area contributed by atoms with Crippen LogP contribution in [0.4, 0.5) is 5.69 Å². The summed E-state index contributed by atoms with van der Waals surface area (Å²) in [6.07, 6.45) is 0. The van der Waals surface area contributed by atoms with Crippen molar-refractivity contribution in [3.05, 3.63) is 29.3 Å². The van der Waals surface area contributed by atoms with Gasteiger partial charge in [-0.1, -0.05) is 6.07 Å². The van der Waals surface area contributed by atoms with E-state index in [0.29, 0.717) is 5.96 Å². The quantitative estimate of drug-likeness (QED) is 0.271. The molecule has 0 amide bonds. The molecule has 4 nitrogen and oxygen atoms in total. The molecule has 0 aliphatic carbocycles. The number of anilines is 1. The zero-order chi connectivity index (χ0) is 10.6. The van der Waals surface area contributed by atoms with Gasteiger partial charge in [0.15, 0.2) is 0 Å². The van der Waals surface area contributed by atoms with Gasteiger partial charge in [-0.15, -0.1) is 0 Å². The summed E-state index contributed by atoms with van der Waals surface area (Å²) in [6.45, 7) is 4.10. The van der Waals surface area contributed by atoms with E-state index in [4.69, 9.17) is 5.84 Å². The van der Waals surface area contributed by atoms with E-state index in [1.165, 1.54) is 11.1 Å². The van der Waals surface area contributed by atoms with Crippen molar-refractivity contribution in [3.8, 4) is 0 Å². The first-order chi connectivity index (χ1) is 6.65. The molecule has 0 fully saturated rings. The van der Waals surface area contributed by atoms with Crippen molar-refractivity contribution in [1.82, 2.24) is 5.43 Å². The number of hydrazine groups is 1. The predicted molar refractivity (Wildman–Crippen MR) is 60.2 cm³/mol. The van der Waals surface area contributed by atoms with Crippen LogP contribution in [0.25, 0.3) is 0 Å². The Bertz CT molecular complexity index is 324. The maximum Gasteiger partial charge on any atom is 0.209 e. The van der Waals surface area contributed by atoms with Gasteiger partial charge in [-0.3, -0.25) is 10.4 Å². The van der Waals surface area contributed by atoms with Gasteiger partial charge in [0.25, 0.3) is 0 Å². The fourth-order valence-electron chi connectivity index (χ4n) is 1.34. The van der Waals surface area contributed by atoms with Crippen LogP contribution < -0.4 is 16.6 Å². The van der Waals surface area contributed by atoms with E-state index in [1.807, 2.05) is 12.1 Å². The van der Waals surface area contributed by atoms with E-state index >= 15 is 0 Å². The maximum absolute atomic E-state index is 5.26. The van der Waals surface area contributed by atoms with Crippen LogP contribution in [0.15, 0.2) is 23.2 Å². The average molecular weight is 192 g/mol. The van der Waals surface area contributed by atoms with Crippen molar-refractivity contribution in [2.24, 2.45) is 10.8 Å². The van der Waals surface area contributed by atoms with Gasteiger partial charge in [-0.2, -0.15) is 0 Å². The summed E-state index contributed by atoms with van der Waals surface area (Å²) in [4.78, 5) is 3.93. The Hall–Kier alpha value is -1.55. The molecule has 0 saturated heterocycles. The number of benzene rings is 1. The fourth-order valence-corrected chi connectivity index (χ4v) is 1.34. The number of aryl methyl sites for hydroxylation is 2. The highest BCUT2D eigenvalue weighted by Crippen LogP contribution is 2.13. The Morgan fingerprint density at radius 2 is 1.79 bits per heavy atom. The van der Waals surface area contributed by atoms with E-state index < -0.39 is 0 Å². The molecule has 0 aliphatic rings. The first-order valence-corrected chi connectivity index (χ1v) is 4.44. The molecular weight excluding hydrogens is 176 g/mol. The lowest BCUT2D eigenvalue weighted by atomic mass is 10.1. The Morgan fingerprint density at radius 3 is 2.21 bits per heavy atom. The van der Waals surface area contributed by atoms with E-state index in [9.17, 15) is 0 Å². The first kappa shape index (κ1) is 10.5. The molecule has 0 bridgehead atoms. The third-order valence-corrected chi connectivity index (χ3v) is 1.84. The van der Waals surface area contributed by atoms with Gasteiger partial charge in [-0.25, -0.2) is 5.84 Å². The molecule has 0 radical (unpaired) electrons. The molecule has 1 aromatic rings. The molecular formula is C10H16N4. The van der Waals surface area contributed by atoms with Gasteiger partial charge >= 0.3 is 0 Å². The summed E-state index contributed by atoms with van der Waals surface area (Å²) in [5.41, 5.74) is 5.88. The fraction of sp³-hybridized carbons (Fsp3) is 0.300. The van der Waals surface area contributed by atoms with E-state index in [-0.39, 0.29) is 0 Å². The Morgan fingerprint density at radius 1 is 1.21 bits per heavy atom. The zero-order valence-electron chi connectivity index (χ0n) is 8.76. The third-order valence-electron chi connectivity index (χ3n) is 1.84. The number of guanidine groups is 1. The van der Waals surface area contributed by atoms with Gasteiger partial charge in [-0.05, 0) is 37.1 Å². The Balaban J connectivity index is 2.86. The number of nitrogens with two attached hydrogens (primary N) is 1. The van der Waals surface area contributed by atoms with Gasteiger partial charge in [0.05, 0.1) is 0 Å².